The van der Waals surface area contributed by atoms with Crippen molar-refractivity contribution in [2.75, 3.05) is 11.9 Å². The topological polar surface area (TPSA) is 80.1 Å². The molecule has 140 valence electrons. The number of carbonyl (C=O) groups is 1. The van der Waals surface area contributed by atoms with E-state index in [0.717, 1.165) is 19.3 Å². The van der Waals surface area contributed by atoms with Crippen LogP contribution in [0.2, 0.25) is 0 Å². The Morgan fingerprint density at radius 1 is 1.26 bits per heavy atom. The predicted octanol–water partition coefficient (Wildman–Crippen LogP) is 3.78. The highest BCUT2D eigenvalue weighted by molar-refractivity contribution is 6.10. The zero-order valence-corrected chi connectivity index (χ0v) is 15.9. The van der Waals surface area contributed by atoms with Gasteiger partial charge in [-0.2, -0.15) is 0 Å². The molecular formula is C21H24N4O2. The van der Waals surface area contributed by atoms with Gasteiger partial charge in [0.25, 0.3) is 5.91 Å². The Hall–Kier alpha value is -2.89. The third-order valence-electron chi connectivity index (χ3n) is 5.09. The van der Waals surface area contributed by atoms with Gasteiger partial charge in [0.15, 0.2) is 0 Å². The van der Waals surface area contributed by atoms with E-state index >= 15 is 0 Å². The Morgan fingerprint density at radius 3 is 2.81 bits per heavy atom. The average Bonchev–Trinajstić information content (AvgIpc) is 3.23. The first-order valence-electron chi connectivity index (χ1n) is 9.31. The lowest BCUT2D eigenvalue weighted by Gasteiger charge is -2.13. The number of hydrogen-bond acceptors (Lipinski definition) is 5. The lowest BCUT2D eigenvalue weighted by atomic mass is 10.1. The summed E-state index contributed by atoms with van der Waals surface area (Å²) in [5.74, 6) is 1.07. The van der Waals surface area contributed by atoms with Crippen LogP contribution in [0.4, 0.5) is 5.82 Å². The molecule has 1 aromatic carbocycles. The van der Waals surface area contributed by atoms with Crippen LogP contribution in [0.1, 0.15) is 47.0 Å². The molecule has 6 nitrogen and oxygen atoms in total. The number of anilines is 1. The molecule has 27 heavy (non-hydrogen) atoms. The number of hydrogen-bond donors (Lipinski definition) is 2. The van der Waals surface area contributed by atoms with Gasteiger partial charge in [0.1, 0.15) is 17.9 Å². The van der Waals surface area contributed by atoms with Gasteiger partial charge in [0.2, 0.25) is 5.71 Å². The minimum Gasteiger partial charge on any atom is -0.442 e. The third kappa shape index (κ3) is 3.65. The fourth-order valence-corrected chi connectivity index (χ4v) is 3.29. The zero-order valence-electron chi connectivity index (χ0n) is 15.9. The molecule has 0 saturated heterocycles. The van der Waals surface area contributed by atoms with Crippen LogP contribution in [0.3, 0.4) is 0 Å². The Labute approximate surface area is 158 Å². The molecule has 0 spiro atoms. The fourth-order valence-electron chi connectivity index (χ4n) is 3.29. The van der Waals surface area contributed by atoms with Gasteiger partial charge in [-0.25, -0.2) is 9.97 Å². The van der Waals surface area contributed by atoms with Crippen molar-refractivity contribution in [3.63, 3.8) is 0 Å². The van der Waals surface area contributed by atoms with Crippen LogP contribution in [0, 0.1) is 13.8 Å². The maximum absolute atomic E-state index is 12.9. The van der Waals surface area contributed by atoms with Crippen LogP contribution in [0.15, 0.2) is 35.0 Å². The fraction of sp³-hybridized carbons (Fsp3) is 0.381. The van der Waals surface area contributed by atoms with Crippen molar-refractivity contribution < 1.29 is 9.21 Å². The second-order valence-corrected chi connectivity index (χ2v) is 7.62. The summed E-state index contributed by atoms with van der Waals surface area (Å²) < 4.78 is 5.72. The molecule has 1 fully saturated rings. The molecule has 0 aliphatic heterocycles. The second kappa shape index (κ2) is 6.68. The number of rotatable bonds is 6. The van der Waals surface area contributed by atoms with E-state index in [1.54, 1.807) is 6.92 Å². The SMILES string of the molecule is Cc1cccc(CCNC(=O)c2c(C)oc3ncnc(NC4(C)CC4)c23)c1. The van der Waals surface area contributed by atoms with E-state index in [-0.39, 0.29) is 11.4 Å². The second-order valence-electron chi connectivity index (χ2n) is 7.62. The van der Waals surface area contributed by atoms with E-state index < -0.39 is 0 Å². The van der Waals surface area contributed by atoms with E-state index in [9.17, 15) is 4.79 Å². The average molecular weight is 364 g/mol. The highest BCUT2D eigenvalue weighted by atomic mass is 16.3. The summed E-state index contributed by atoms with van der Waals surface area (Å²) >= 11 is 0. The van der Waals surface area contributed by atoms with Gasteiger partial charge in [-0.3, -0.25) is 4.79 Å². The van der Waals surface area contributed by atoms with Crippen molar-refractivity contribution in [2.24, 2.45) is 0 Å². The normalized spacial score (nSPS) is 14.9. The van der Waals surface area contributed by atoms with Gasteiger partial charge in [-0.15, -0.1) is 0 Å². The van der Waals surface area contributed by atoms with Gasteiger partial charge < -0.3 is 15.1 Å². The molecule has 1 amide bonds. The Balaban J connectivity index is 1.55. The molecule has 2 aromatic heterocycles. The van der Waals surface area contributed by atoms with Gasteiger partial charge in [-0.1, -0.05) is 29.8 Å². The van der Waals surface area contributed by atoms with Crippen LogP contribution < -0.4 is 10.6 Å². The van der Waals surface area contributed by atoms with Crippen LogP contribution in [-0.2, 0) is 6.42 Å². The van der Waals surface area contributed by atoms with Gasteiger partial charge in [0, 0.05) is 12.1 Å². The van der Waals surface area contributed by atoms with Crippen LogP contribution in [0.25, 0.3) is 11.1 Å². The number of aromatic nitrogens is 2. The lowest BCUT2D eigenvalue weighted by Crippen LogP contribution is -2.26. The number of nitrogens with one attached hydrogen (secondary N) is 2. The highest BCUT2D eigenvalue weighted by Crippen LogP contribution is 2.40. The molecule has 2 N–H and O–H groups in total. The van der Waals surface area contributed by atoms with Crippen molar-refractivity contribution in [1.82, 2.24) is 15.3 Å². The molecule has 1 aliphatic carbocycles. The summed E-state index contributed by atoms with van der Waals surface area (Å²) in [4.78, 5) is 21.4. The summed E-state index contributed by atoms with van der Waals surface area (Å²) in [6.07, 6.45) is 4.43. The minimum absolute atomic E-state index is 0.0470. The Morgan fingerprint density at radius 2 is 2.07 bits per heavy atom. The lowest BCUT2D eigenvalue weighted by molar-refractivity contribution is 0.0954. The van der Waals surface area contributed by atoms with Gasteiger partial charge in [-0.05, 0) is 45.6 Å². The first-order valence-corrected chi connectivity index (χ1v) is 9.31. The number of benzene rings is 1. The van der Waals surface area contributed by atoms with E-state index in [0.29, 0.717) is 34.8 Å². The smallest absolute Gasteiger partial charge is 0.255 e. The summed E-state index contributed by atoms with van der Waals surface area (Å²) in [7, 11) is 0. The molecule has 4 rings (SSSR count). The van der Waals surface area contributed by atoms with E-state index in [1.807, 2.05) is 6.07 Å². The molecule has 0 radical (unpaired) electrons. The first kappa shape index (κ1) is 17.5. The Bertz CT molecular complexity index is 1000. The van der Waals surface area contributed by atoms with E-state index in [2.05, 4.69) is 52.6 Å². The molecule has 1 saturated carbocycles. The standard InChI is InChI=1S/C21H24N4O2/c1-13-5-4-6-15(11-13)7-10-22-19(26)16-14(2)27-20-17(16)18(23-12-24-20)25-21(3)8-9-21/h4-6,11-12H,7-10H2,1-3H3,(H,22,26)(H,23,24,25). The molecule has 1 aliphatic rings. The van der Waals surface area contributed by atoms with Crippen molar-refractivity contribution in [3.05, 3.63) is 53.0 Å². The number of amides is 1. The predicted molar refractivity (Wildman–Crippen MR) is 105 cm³/mol. The van der Waals surface area contributed by atoms with Crippen molar-refractivity contribution in [1.29, 1.82) is 0 Å². The molecule has 0 bridgehead atoms. The molecule has 2 heterocycles. The van der Waals surface area contributed by atoms with E-state index in [4.69, 9.17) is 4.42 Å². The third-order valence-corrected chi connectivity index (χ3v) is 5.09. The summed E-state index contributed by atoms with van der Waals surface area (Å²) in [6, 6.07) is 8.31. The van der Waals surface area contributed by atoms with Crippen LogP contribution >= 0.6 is 0 Å². The molecule has 3 aromatic rings. The summed E-state index contributed by atoms with van der Waals surface area (Å²) in [5, 5.41) is 7.11. The Kier molecular flexibility index (Phi) is 4.34. The van der Waals surface area contributed by atoms with Crippen molar-refractivity contribution in [2.45, 2.75) is 45.6 Å². The number of aryl methyl sites for hydroxylation is 2. The van der Waals surface area contributed by atoms with Crippen LogP contribution in [0.5, 0.6) is 0 Å². The molecule has 6 heteroatoms. The number of carbonyl (C=O) groups excluding carboxylic acids is 1. The quantitative estimate of drug-likeness (QED) is 0.696. The van der Waals surface area contributed by atoms with E-state index in [1.165, 1.54) is 17.5 Å². The zero-order chi connectivity index (χ0) is 19.0. The minimum atomic E-state index is -0.155. The largest absolute Gasteiger partial charge is 0.442 e. The number of nitrogens with zero attached hydrogens (tertiary/aromatic N) is 2. The van der Waals surface area contributed by atoms with Crippen LogP contribution in [-0.4, -0.2) is 28.0 Å². The first-order chi connectivity index (χ1) is 13.0. The molecular weight excluding hydrogens is 340 g/mol. The van der Waals surface area contributed by atoms with Gasteiger partial charge in [0.05, 0.1) is 10.9 Å². The maximum atomic E-state index is 12.9. The molecule has 0 atom stereocenters. The number of fused-ring (bicyclic) bond motifs is 1. The maximum Gasteiger partial charge on any atom is 0.255 e. The van der Waals surface area contributed by atoms with Crippen molar-refractivity contribution in [3.8, 4) is 0 Å². The van der Waals surface area contributed by atoms with Gasteiger partial charge >= 0.3 is 0 Å². The molecule has 0 unspecified atom stereocenters. The highest BCUT2D eigenvalue weighted by Gasteiger charge is 2.38. The monoisotopic (exact) mass is 364 g/mol. The number of furan rings is 1. The van der Waals surface area contributed by atoms with Crippen molar-refractivity contribution >= 4 is 22.8 Å². The summed E-state index contributed by atoms with van der Waals surface area (Å²) in [6.45, 7) is 6.57. The summed E-state index contributed by atoms with van der Waals surface area (Å²) in [5.41, 5.74) is 3.43.